The topological polar surface area (TPSA) is 47.0 Å². The largest absolute Gasteiger partial charge is 0.289 e. The summed E-state index contributed by atoms with van der Waals surface area (Å²) in [7, 11) is 0. The van der Waals surface area contributed by atoms with Crippen LogP contribution in [0, 0.1) is 0 Å². The van der Waals surface area contributed by atoms with E-state index in [9.17, 15) is 9.59 Å². The Bertz CT molecular complexity index is 836. The van der Waals surface area contributed by atoms with E-state index in [4.69, 9.17) is 0 Å². The van der Waals surface area contributed by atoms with E-state index in [2.05, 4.69) is 4.98 Å². The summed E-state index contributed by atoms with van der Waals surface area (Å²) in [5.41, 5.74) is 3.14. The first-order valence-corrected chi connectivity index (χ1v) is 8.31. The van der Waals surface area contributed by atoms with Gasteiger partial charge in [0.1, 0.15) is 0 Å². The van der Waals surface area contributed by atoms with Crippen molar-refractivity contribution in [2.75, 3.05) is 0 Å². The number of Topliss-reactive ketones (excluding diaryl/α,β-unsaturated/α-hetero) is 2. The molecule has 5 heteroatoms. The fourth-order valence-electron chi connectivity index (χ4n) is 2.94. The molecule has 0 amide bonds. The number of allylic oxidation sites excluding steroid dienone is 4. The van der Waals surface area contributed by atoms with E-state index in [1.54, 1.807) is 44.5 Å². The highest BCUT2D eigenvalue weighted by Gasteiger charge is 2.34. The summed E-state index contributed by atoms with van der Waals surface area (Å²) in [4.78, 5) is 30.7. The van der Waals surface area contributed by atoms with Crippen molar-refractivity contribution in [1.82, 2.24) is 4.98 Å². The Hall–Kier alpha value is -2.04. The monoisotopic (exact) mass is 359 g/mol. The summed E-state index contributed by atoms with van der Waals surface area (Å²) < 4.78 is 0. The van der Waals surface area contributed by atoms with Crippen molar-refractivity contribution in [3.05, 3.63) is 74.8 Å². The Balaban J connectivity index is 0.00000208. The molecule has 1 unspecified atom stereocenters. The smallest absolute Gasteiger partial charge is 0.186 e. The highest BCUT2D eigenvalue weighted by Crippen LogP contribution is 2.40. The minimum atomic E-state index is -0.247. The number of carbonyl (C=O) groups excluding carboxylic acids is 2. The van der Waals surface area contributed by atoms with E-state index in [1.165, 1.54) is 0 Å². The molecular weight excluding hydrogens is 342 g/mol. The molecule has 3 rings (SSSR count). The first-order valence-electron chi connectivity index (χ1n) is 7.43. The van der Waals surface area contributed by atoms with Gasteiger partial charge in [-0.25, -0.2) is 0 Å². The molecule has 1 aliphatic carbocycles. The molecule has 0 aromatic carbocycles. The van der Waals surface area contributed by atoms with Crippen molar-refractivity contribution in [1.29, 1.82) is 0 Å². The lowest BCUT2D eigenvalue weighted by atomic mass is 9.77. The van der Waals surface area contributed by atoms with Gasteiger partial charge in [0.05, 0.1) is 0 Å². The standard InChI is InChI=1S/C19H17NO2S.ClH/c1-11-12(2)19(22)16(13(3)18(11)21)17(15-7-5-9-23-15)14-6-4-8-20-10-14;/h4-10,17H,1-3H3;1H. The predicted octanol–water partition coefficient (Wildman–Crippen LogP) is 4.50. The van der Waals surface area contributed by atoms with Gasteiger partial charge in [-0.3, -0.25) is 14.6 Å². The Kier molecular flexibility index (Phi) is 5.52. The van der Waals surface area contributed by atoms with Crippen LogP contribution in [0.2, 0.25) is 0 Å². The van der Waals surface area contributed by atoms with E-state index in [0.717, 1.165) is 10.4 Å². The third kappa shape index (κ3) is 2.99. The SMILES string of the molecule is CC1=C(C)C(=O)C(C(c2cccnc2)c2cccs2)=C(C)C1=O.Cl. The number of thiophene rings is 1. The lowest BCUT2D eigenvalue weighted by Crippen LogP contribution is -2.24. The Morgan fingerprint density at radius 3 is 2.25 bits per heavy atom. The van der Waals surface area contributed by atoms with E-state index in [-0.39, 0.29) is 29.9 Å². The molecule has 124 valence electrons. The molecule has 0 bridgehead atoms. The van der Waals surface area contributed by atoms with Gasteiger partial charge in [0.2, 0.25) is 0 Å². The van der Waals surface area contributed by atoms with Crippen LogP contribution in [0.4, 0.5) is 0 Å². The van der Waals surface area contributed by atoms with Crippen LogP contribution in [0.25, 0.3) is 0 Å². The highest BCUT2D eigenvalue weighted by molar-refractivity contribution is 7.10. The molecule has 0 spiro atoms. The number of rotatable bonds is 3. The number of aromatic nitrogens is 1. The first-order chi connectivity index (χ1) is 11.0. The van der Waals surface area contributed by atoms with Crippen LogP contribution in [-0.4, -0.2) is 16.6 Å². The maximum Gasteiger partial charge on any atom is 0.186 e. The molecule has 0 N–H and O–H groups in total. The first kappa shape index (κ1) is 18.3. The molecule has 0 saturated heterocycles. The zero-order valence-corrected chi connectivity index (χ0v) is 15.3. The summed E-state index contributed by atoms with van der Waals surface area (Å²) in [6.45, 7) is 5.21. The summed E-state index contributed by atoms with van der Waals surface area (Å²) in [6, 6.07) is 7.77. The third-order valence-electron chi connectivity index (χ3n) is 4.37. The van der Waals surface area contributed by atoms with Gasteiger partial charge < -0.3 is 0 Å². The number of halogens is 1. The normalized spacial score (nSPS) is 16.3. The fraction of sp³-hybridized carbons (Fsp3) is 0.211. The summed E-state index contributed by atoms with van der Waals surface area (Å²) in [5.74, 6) is -0.326. The average molecular weight is 360 g/mol. The van der Waals surface area contributed by atoms with Crippen molar-refractivity contribution in [3.8, 4) is 0 Å². The predicted molar refractivity (Wildman–Crippen MR) is 98.7 cm³/mol. The second kappa shape index (κ2) is 7.24. The number of pyridine rings is 1. The molecule has 0 radical (unpaired) electrons. The van der Waals surface area contributed by atoms with Crippen molar-refractivity contribution in [2.45, 2.75) is 26.7 Å². The molecule has 2 heterocycles. The maximum absolute atomic E-state index is 12.9. The number of hydrogen-bond donors (Lipinski definition) is 0. The summed E-state index contributed by atoms with van der Waals surface area (Å²) in [5, 5.41) is 1.98. The molecule has 3 nitrogen and oxygen atoms in total. The van der Waals surface area contributed by atoms with Crippen LogP contribution in [0.5, 0.6) is 0 Å². The van der Waals surface area contributed by atoms with Crippen LogP contribution in [0.1, 0.15) is 37.1 Å². The molecule has 2 aromatic heterocycles. The molecule has 1 atom stereocenters. The Morgan fingerprint density at radius 2 is 1.67 bits per heavy atom. The van der Waals surface area contributed by atoms with Crippen LogP contribution in [0.15, 0.2) is 64.3 Å². The van der Waals surface area contributed by atoms with Gasteiger partial charge in [0.15, 0.2) is 11.6 Å². The van der Waals surface area contributed by atoms with Gasteiger partial charge >= 0.3 is 0 Å². The second-order valence-corrected chi connectivity index (χ2v) is 6.66. The Labute approximate surface area is 151 Å². The van der Waals surface area contributed by atoms with Crippen molar-refractivity contribution in [3.63, 3.8) is 0 Å². The van der Waals surface area contributed by atoms with Crippen LogP contribution < -0.4 is 0 Å². The van der Waals surface area contributed by atoms with E-state index < -0.39 is 0 Å². The van der Waals surface area contributed by atoms with E-state index in [0.29, 0.717) is 22.3 Å². The minimum Gasteiger partial charge on any atom is -0.289 e. The van der Waals surface area contributed by atoms with Gasteiger partial charge in [-0.05, 0) is 43.8 Å². The average Bonchev–Trinajstić information content (AvgIpc) is 3.10. The summed E-state index contributed by atoms with van der Waals surface area (Å²) in [6.07, 6.45) is 3.47. The number of carbonyl (C=O) groups is 2. The molecule has 2 aromatic rings. The highest BCUT2D eigenvalue weighted by atomic mass is 35.5. The zero-order valence-electron chi connectivity index (χ0n) is 13.7. The van der Waals surface area contributed by atoms with Crippen LogP contribution in [0.3, 0.4) is 0 Å². The van der Waals surface area contributed by atoms with Gasteiger partial charge in [-0.2, -0.15) is 0 Å². The number of ketones is 2. The van der Waals surface area contributed by atoms with Crippen molar-refractivity contribution < 1.29 is 9.59 Å². The molecule has 24 heavy (non-hydrogen) atoms. The van der Waals surface area contributed by atoms with Gasteiger partial charge in [0, 0.05) is 45.5 Å². The van der Waals surface area contributed by atoms with Gasteiger partial charge in [-0.1, -0.05) is 12.1 Å². The van der Waals surface area contributed by atoms with E-state index >= 15 is 0 Å². The molecular formula is C19H18ClNO2S. The third-order valence-corrected chi connectivity index (χ3v) is 5.30. The molecule has 1 aliphatic rings. The zero-order chi connectivity index (χ0) is 16.6. The quantitative estimate of drug-likeness (QED) is 0.758. The van der Waals surface area contributed by atoms with Crippen molar-refractivity contribution >= 4 is 35.3 Å². The number of hydrogen-bond acceptors (Lipinski definition) is 4. The molecule has 0 saturated carbocycles. The van der Waals surface area contributed by atoms with Crippen LogP contribution in [-0.2, 0) is 9.59 Å². The fourth-order valence-corrected chi connectivity index (χ4v) is 3.80. The van der Waals surface area contributed by atoms with Gasteiger partial charge in [-0.15, -0.1) is 23.7 Å². The van der Waals surface area contributed by atoms with Crippen LogP contribution >= 0.6 is 23.7 Å². The maximum atomic E-state index is 12.9. The number of nitrogens with zero attached hydrogens (tertiary/aromatic N) is 1. The lowest BCUT2D eigenvalue weighted by molar-refractivity contribution is -0.116. The van der Waals surface area contributed by atoms with E-state index in [1.807, 2.05) is 29.6 Å². The van der Waals surface area contributed by atoms with Gasteiger partial charge in [0.25, 0.3) is 0 Å². The molecule has 0 fully saturated rings. The molecule has 0 aliphatic heterocycles. The second-order valence-electron chi connectivity index (χ2n) is 5.68. The lowest BCUT2D eigenvalue weighted by Gasteiger charge is -2.25. The minimum absolute atomic E-state index is 0. The summed E-state index contributed by atoms with van der Waals surface area (Å²) >= 11 is 1.59. The van der Waals surface area contributed by atoms with Crippen molar-refractivity contribution in [2.24, 2.45) is 0 Å². The Morgan fingerprint density at radius 1 is 0.958 bits per heavy atom.